The zero-order valence-corrected chi connectivity index (χ0v) is 14.4. The van der Waals surface area contributed by atoms with Crippen molar-refractivity contribution in [3.63, 3.8) is 0 Å². The van der Waals surface area contributed by atoms with E-state index in [9.17, 15) is 9.59 Å². The molecule has 1 aromatic rings. The quantitative estimate of drug-likeness (QED) is 0.792. The van der Waals surface area contributed by atoms with Crippen molar-refractivity contribution in [1.29, 1.82) is 0 Å². The molecule has 2 heterocycles. The Hall–Kier alpha value is -1.75. The average Bonchev–Trinajstić information content (AvgIpc) is 2.52. The van der Waals surface area contributed by atoms with Crippen LogP contribution >= 0.6 is 11.6 Å². The summed E-state index contributed by atoms with van der Waals surface area (Å²) >= 11 is 6.21. The highest BCUT2D eigenvalue weighted by molar-refractivity contribution is 6.30. The van der Waals surface area contributed by atoms with Gasteiger partial charge in [0.15, 0.2) is 0 Å². The van der Waals surface area contributed by atoms with E-state index < -0.39 is 11.0 Å². The summed E-state index contributed by atoms with van der Waals surface area (Å²) in [6.07, 6.45) is 0.789. The normalized spacial score (nSPS) is 21.6. The average molecular weight is 337 g/mol. The Balaban J connectivity index is 2.02. The number of carbonyl (C=O) groups is 2. The molecule has 6 heteroatoms. The van der Waals surface area contributed by atoms with Gasteiger partial charge in [-0.3, -0.25) is 4.79 Å². The fourth-order valence-electron chi connectivity index (χ4n) is 3.75. The highest BCUT2D eigenvalue weighted by atomic mass is 35.5. The summed E-state index contributed by atoms with van der Waals surface area (Å²) in [5.74, 6) is 0.0155. The van der Waals surface area contributed by atoms with E-state index in [1.54, 1.807) is 4.90 Å². The molecule has 0 radical (unpaired) electrons. The number of piperidine rings is 1. The molecule has 1 spiro atoms. The van der Waals surface area contributed by atoms with Crippen molar-refractivity contribution in [2.45, 2.75) is 37.6 Å². The van der Waals surface area contributed by atoms with Gasteiger partial charge in [-0.25, -0.2) is 4.79 Å². The molecule has 1 fully saturated rings. The second kappa shape index (κ2) is 5.41. The predicted molar refractivity (Wildman–Crippen MR) is 87.5 cm³/mol. The Morgan fingerprint density at radius 2 is 1.91 bits per heavy atom. The van der Waals surface area contributed by atoms with Gasteiger partial charge in [-0.2, -0.15) is 0 Å². The third kappa shape index (κ3) is 2.47. The molecule has 0 unspecified atom stereocenters. The van der Waals surface area contributed by atoms with Crippen molar-refractivity contribution >= 4 is 23.6 Å². The molecule has 23 heavy (non-hydrogen) atoms. The molecule has 124 valence electrons. The van der Waals surface area contributed by atoms with Crippen LogP contribution in [0.25, 0.3) is 0 Å². The summed E-state index contributed by atoms with van der Waals surface area (Å²) in [6.45, 7) is 4.97. The molecule has 0 aliphatic carbocycles. The van der Waals surface area contributed by atoms with Crippen LogP contribution in [-0.4, -0.2) is 37.1 Å². The molecule has 2 aliphatic heterocycles. The van der Waals surface area contributed by atoms with Crippen molar-refractivity contribution in [3.8, 4) is 0 Å². The van der Waals surface area contributed by atoms with E-state index >= 15 is 0 Å². The number of halogens is 1. The smallest absolute Gasteiger partial charge is 0.409 e. The van der Waals surface area contributed by atoms with Gasteiger partial charge in [0.05, 0.1) is 18.1 Å². The van der Waals surface area contributed by atoms with E-state index in [4.69, 9.17) is 16.3 Å². The van der Waals surface area contributed by atoms with Crippen LogP contribution in [0.5, 0.6) is 0 Å². The first kappa shape index (κ1) is 16.1. The topological polar surface area (TPSA) is 58.6 Å². The van der Waals surface area contributed by atoms with Gasteiger partial charge in [0, 0.05) is 18.1 Å². The molecule has 0 bridgehead atoms. The van der Waals surface area contributed by atoms with Gasteiger partial charge in [0.1, 0.15) is 0 Å². The summed E-state index contributed by atoms with van der Waals surface area (Å²) < 4.78 is 4.78. The number of nitrogens with zero attached hydrogens (tertiary/aromatic N) is 1. The number of amides is 2. The van der Waals surface area contributed by atoms with Crippen LogP contribution in [0.1, 0.15) is 37.8 Å². The third-order valence-electron chi connectivity index (χ3n) is 5.08. The Morgan fingerprint density at radius 3 is 2.52 bits per heavy atom. The summed E-state index contributed by atoms with van der Waals surface area (Å²) in [6, 6.07) is 5.76. The van der Waals surface area contributed by atoms with E-state index in [-0.39, 0.29) is 12.0 Å². The first-order valence-corrected chi connectivity index (χ1v) is 8.14. The number of fused-ring (bicyclic) bond motifs is 2. The lowest BCUT2D eigenvalue weighted by molar-refractivity contribution is -0.131. The van der Waals surface area contributed by atoms with Gasteiger partial charge >= 0.3 is 6.09 Å². The van der Waals surface area contributed by atoms with Crippen LogP contribution < -0.4 is 5.32 Å². The Labute approximate surface area is 140 Å². The second-order valence-corrected chi connectivity index (χ2v) is 7.24. The van der Waals surface area contributed by atoms with Gasteiger partial charge in [-0.1, -0.05) is 17.7 Å². The number of hydrogen-bond donors (Lipinski definition) is 1. The van der Waals surface area contributed by atoms with Crippen LogP contribution in [-0.2, 0) is 20.5 Å². The van der Waals surface area contributed by atoms with Gasteiger partial charge in [-0.05, 0) is 49.9 Å². The lowest BCUT2D eigenvalue weighted by atomic mass is 9.65. The Morgan fingerprint density at radius 1 is 1.26 bits per heavy atom. The van der Waals surface area contributed by atoms with E-state index in [0.29, 0.717) is 31.0 Å². The maximum absolute atomic E-state index is 12.9. The molecule has 0 aromatic heterocycles. The minimum atomic E-state index is -0.625. The van der Waals surface area contributed by atoms with Crippen LogP contribution in [0.4, 0.5) is 4.79 Å². The molecule has 2 aliphatic rings. The fraction of sp³-hybridized carbons (Fsp3) is 0.529. The standard InChI is InChI=1S/C17H21ClN2O3/c1-16(2)12-5-4-11(18)10-13(12)17(14(21)19-16)6-8-20(9-7-17)15(22)23-3/h4-5,10H,6-9H2,1-3H3,(H,19,21). The number of ether oxygens (including phenoxy) is 1. The SMILES string of the molecule is COC(=O)N1CCC2(CC1)C(=O)NC(C)(C)c1ccc(Cl)cc12. The largest absolute Gasteiger partial charge is 0.453 e. The number of benzene rings is 1. The van der Waals surface area contributed by atoms with Crippen molar-refractivity contribution in [2.75, 3.05) is 20.2 Å². The van der Waals surface area contributed by atoms with Crippen LogP contribution in [0.15, 0.2) is 18.2 Å². The maximum Gasteiger partial charge on any atom is 0.409 e. The predicted octanol–water partition coefficient (Wildman–Crippen LogP) is 2.80. The molecule has 0 saturated carbocycles. The molecular formula is C17H21ClN2O3. The number of likely N-dealkylation sites (tertiary alicyclic amines) is 1. The first-order valence-electron chi connectivity index (χ1n) is 7.76. The Kier molecular flexibility index (Phi) is 3.79. The first-order chi connectivity index (χ1) is 10.8. The van der Waals surface area contributed by atoms with Crippen molar-refractivity contribution in [1.82, 2.24) is 10.2 Å². The summed E-state index contributed by atoms with van der Waals surface area (Å²) in [5, 5.41) is 3.76. The van der Waals surface area contributed by atoms with Crippen LogP contribution in [0.3, 0.4) is 0 Å². The number of hydrogen-bond acceptors (Lipinski definition) is 3. The maximum atomic E-state index is 12.9. The van der Waals surface area contributed by atoms with E-state index in [0.717, 1.165) is 11.1 Å². The van der Waals surface area contributed by atoms with Gasteiger partial charge in [-0.15, -0.1) is 0 Å². The summed E-state index contributed by atoms with van der Waals surface area (Å²) in [4.78, 5) is 26.3. The van der Waals surface area contributed by atoms with E-state index in [1.165, 1.54) is 7.11 Å². The molecule has 5 nitrogen and oxygen atoms in total. The van der Waals surface area contributed by atoms with Gasteiger partial charge in [0.2, 0.25) is 5.91 Å². The van der Waals surface area contributed by atoms with Crippen LogP contribution in [0.2, 0.25) is 5.02 Å². The van der Waals surface area contributed by atoms with Crippen LogP contribution in [0, 0.1) is 0 Å². The molecule has 0 atom stereocenters. The van der Waals surface area contributed by atoms with E-state index in [1.807, 2.05) is 32.0 Å². The molecule has 1 saturated heterocycles. The highest BCUT2D eigenvalue weighted by Gasteiger charge is 2.51. The Bertz CT molecular complexity index is 664. The molecule has 2 amide bonds. The minimum absolute atomic E-state index is 0.0155. The third-order valence-corrected chi connectivity index (χ3v) is 5.32. The monoisotopic (exact) mass is 336 g/mol. The zero-order valence-electron chi connectivity index (χ0n) is 13.6. The van der Waals surface area contributed by atoms with E-state index in [2.05, 4.69) is 5.32 Å². The molecular weight excluding hydrogens is 316 g/mol. The number of rotatable bonds is 0. The number of nitrogens with one attached hydrogen (secondary N) is 1. The zero-order chi connectivity index (χ0) is 16.8. The van der Waals surface area contributed by atoms with Crippen molar-refractivity contribution in [3.05, 3.63) is 34.3 Å². The van der Waals surface area contributed by atoms with Gasteiger partial charge in [0.25, 0.3) is 0 Å². The highest BCUT2D eigenvalue weighted by Crippen LogP contribution is 2.45. The van der Waals surface area contributed by atoms with Crippen molar-refractivity contribution in [2.24, 2.45) is 0 Å². The summed E-state index contributed by atoms with van der Waals surface area (Å²) in [7, 11) is 1.37. The second-order valence-electron chi connectivity index (χ2n) is 6.81. The number of methoxy groups -OCH3 is 1. The number of carbonyl (C=O) groups excluding carboxylic acids is 2. The lowest BCUT2D eigenvalue weighted by Gasteiger charge is -2.48. The van der Waals surface area contributed by atoms with Gasteiger partial charge < -0.3 is 15.0 Å². The fourth-order valence-corrected chi connectivity index (χ4v) is 3.92. The summed E-state index contributed by atoms with van der Waals surface area (Å²) in [5.41, 5.74) is 1.03. The lowest BCUT2D eigenvalue weighted by Crippen LogP contribution is -2.60. The molecule has 1 aromatic carbocycles. The molecule has 1 N–H and O–H groups in total. The minimum Gasteiger partial charge on any atom is -0.453 e. The molecule has 3 rings (SSSR count). The van der Waals surface area contributed by atoms with Crippen molar-refractivity contribution < 1.29 is 14.3 Å².